The van der Waals surface area contributed by atoms with E-state index in [1.165, 1.54) is 12.0 Å². The number of nitrogens with zero attached hydrogens (tertiary/aromatic N) is 8. The fourth-order valence-electron chi connectivity index (χ4n) is 7.98. The zero-order valence-corrected chi connectivity index (χ0v) is 36.0. The number of likely N-dealkylation sites (tertiary alicyclic amines) is 1. The van der Waals surface area contributed by atoms with Crippen LogP contribution in [0.2, 0.25) is 10.0 Å². The lowest BCUT2D eigenvalue weighted by atomic mass is 9.89. The third-order valence-corrected chi connectivity index (χ3v) is 13.3. The van der Waals surface area contributed by atoms with E-state index in [9.17, 15) is 13.2 Å². The van der Waals surface area contributed by atoms with Crippen molar-refractivity contribution >= 4 is 39.1 Å². The Kier molecular flexibility index (Phi) is 12.7. The zero-order valence-electron chi connectivity index (χ0n) is 33.7. The van der Waals surface area contributed by atoms with Crippen LogP contribution in [0, 0.1) is 6.92 Å². The average molecular weight is 876 g/mol. The molecular formula is C45H44Cl2N10O3S. The van der Waals surface area contributed by atoms with E-state index >= 15 is 0 Å². The van der Waals surface area contributed by atoms with Crippen molar-refractivity contribution in [2.75, 3.05) is 26.2 Å². The number of aryl methyl sites for hydroxylation is 1. The molecule has 2 aliphatic heterocycles. The van der Waals surface area contributed by atoms with Crippen molar-refractivity contribution in [3.8, 4) is 45.0 Å². The number of nitrogens with one attached hydrogen (secondary N) is 2. The largest absolute Gasteiger partial charge is 0.343 e. The first-order valence-electron chi connectivity index (χ1n) is 20.1. The van der Waals surface area contributed by atoms with E-state index in [1.807, 2.05) is 37.3 Å². The van der Waals surface area contributed by atoms with Gasteiger partial charge in [-0.1, -0.05) is 65.2 Å². The lowest BCUT2D eigenvalue weighted by molar-refractivity contribution is -0.129. The summed E-state index contributed by atoms with van der Waals surface area (Å²) in [6, 6.07) is 25.2. The summed E-state index contributed by atoms with van der Waals surface area (Å²) in [5.41, 5.74) is 8.97. The average Bonchev–Trinajstić information content (AvgIpc) is 3.92. The summed E-state index contributed by atoms with van der Waals surface area (Å²) < 4.78 is 29.2. The maximum atomic E-state index is 14.0. The first-order valence-corrected chi connectivity index (χ1v) is 22.3. The van der Waals surface area contributed by atoms with Gasteiger partial charge in [-0.3, -0.25) is 9.89 Å². The molecule has 7 aromatic rings. The van der Waals surface area contributed by atoms with Crippen LogP contribution in [-0.2, 0) is 14.8 Å². The highest BCUT2D eigenvalue weighted by atomic mass is 35.5. The Morgan fingerprint density at radius 3 is 1.85 bits per heavy atom. The van der Waals surface area contributed by atoms with Gasteiger partial charge in [0.1, 0.15) is 18.3 Å². The molecule has 0 radical (unpaired) electrons. The number of carbonyl (C=O) groups excluding carboxylic acids is 1. The number of piperidine rings is 2. The quantitative estimate of drug-likeness (QED) is 0.151. The second kappa shape index (κ2) is 18.4. The van der Waals surface area contributed by atoms with Crippen LogP contribution in [0.3, 0.4) is 0 Å². The minimum Gasteiger partial charge on any atom is -0.343 e. The van der Waals surface area contributed by atoms with Crippen molar-refractivity contribution in [2.24, 2.45) is 0 Å². The molecule has 0 spiro atoms. The summed E-state index contributed by atoms with van der Waals surface area (Å²) in [4.78, 5) is 30.9. The molecule has 4 aromatic heterocycles. The van der Waals surface area contributed by atoms with Crippen molar-refractivity contribution in [3.05, 3.63) is 137 Å². The van der Waals surface area contributed by atoms with E-state index in [2.05, 4.69) is 35.5 Å². The first kappa shape index (κ1) is 41.9. The molecule has 0 saturated carbocycles. The number of amides is 1. The van der Waals surface area contributed by atoms with E-state index in [4.69, 9.17) is 28.3 Å². The molecule has 13 nitrogen and oxygen atoms in total. The van der Waals surface area contributed by atoms with E-state index in [-0.39, 0.29) is 16.7 Å². The van der Waals surface area contributed by atoms with Gasteiger partial charge in [-0.2, -0.15) is 22.7 Å². The maximum absolute atomic E-state index is 14.0. The predicted octanol–water partition coefficient (Wildman–Crippen LogP) is 8.59. The van der Waals surface area contributed by atoms with Gasteiger partial charge in [0.05, 0.1) is 33.2 Å². The molecule has 2 N–H and O–H groups in total. The van der Waals surface area contributed by atoms with Gasteiger partial charge in [0.2, 0.25) is 5.91 Å². The predicted molar refractivity (Wildman–Crippen MR) is 237 cm³/mol. The highest BCUT2D eigenvalue weighted by molar-refractivity contribution is 7.90. The normalized spacial score (nSPS) is 15.0. The lowest BCUT2D eigenvalue weighted by Gasteiger charge is -2.30. The summed E-state index contributed by atoms with van der Waals surface area (Å²) in [6.45, 7) is 6.69. The molecule has 0 bridgehead atoms. The Morgan fingerprint density at radius 2 is 1.30 bits per heavy atom. The summed E-state index contributed by atoms with van der Waals surface area (Å²) in [7, 11) is -4.05. The van der Waals surface area contributed by atoms with Gasteiger partial charge in [0, 0.05) is 76.7 Å². The van der Waals surface area contributed by atoms with E-state index in [0.717, 1.165) is 63.1 Å². The van der Waals surface area contributed by atoms with Crippen LogP contribution < -0.4 is 5.32 Å². The molecule has 9 rings (SSSR count). The molecule has 0 unspecified atom stereocenters. The molecule has 0 atom stereocenters. The summed E-state index contributed by atoms with van der Waals surface area (Å²) in [6.07, 6.45) is 9.95. The number of aromatic nitrogens is 8. The number of H-pyrrole nitrogens is 1. The fourth-order valence-corrected chi connectivity index (χ4v) is 9.55. The van der Waals surface area contributed by atoms with Crippen LogP contribution in [-0.4, -0.2) is 84.7 Å². The molecule has 16 heteroatoms. The van der Waals surface area contributed by atoms with Crippen molar-refractivity contribution in [3.63, 3.8) is 0 Å². The molecule has 1 amide bonds. The van der Waals surface area contributed by atoms with Crippen molar-refractivity contribution in [1.82, 2.24) is 49.5 Å². The van der Waals surface area contributed by atoms with Gasteiger partial charge in [-0.15, -0.1) is 0 Å². The van der Waals surface area contributed by atoms with Crippen LogP contribution in [0.5, 0.6) is 0 Å². The molecule has 2 fully saturated rings. The lowest BCUT2D eigenvalue weighted by Crippen LogP contribution is -2.36. The molecule has 3 aromatic carbocycles. The Labute approximate surface area is 364 Å². The molecule has 2 aliphatic rings. The van der Waals surface area contributed by atoms with E-state index in [1.54, 1.807) is 85.1 Å². The molecular weight excluding hydrogens is 832 g/mol. The summed E-state index contributed by atoms with van der Waals surface area (Å²) in [5, 5.41) is 17.4. The first-order chi connectivity index (χ1) is 29.6. The van der Waals surface area contributed by atoms with Crippen LogP contribution in [0.25, 0.3) is 45.0 Å². The number of aromatic amines is 1. The van der Waals surface area contributed by atoms with Gasteiger partial charge in [0.25, 0.3) is 10.0 Å². The van der Waals surface area contributed by atoms with E-state index < -0.39 is 10.0 Å². The van der Waals surface area contributed by atoms with Crippen LogP contribution >= 0.6 is 23.2 Å². The summed E-state index contributed by atoms with van der Waals surface area (Å²) in [5.74, 6) is 0.439. The Balaban J connectivity index is 0.000000184. The number of benzene rings is 3. The minimum atomic E-state index is -4.05. The van der Waals surface area contributed by atoms with Gasteiger partial charge in [-0.25, -0.2) is 19.9 Å². The number of hydrogen-bond acceptors (Lipinski definition) is 10. The van der Waals surface area contributed by atoms with Crippen molar-refractivity contribution in [2.45, 2.75) is 56.3 Å². The molecule has 0 aliphatic carbocycles. The standard InChI is InChI=1S/C27H26ClN5O3S.C18H18ClN5/c1-18-3-9-23(10-4-18)37(35,36)33-27(21-5-7-22(28)8-6-21)25(24-11-14-29-17-30-24)26(31-33)20-12-15-32(16-13-20)19(2)34;19-14-3-1-12(2-4-14)17-16(15-7-10-21-11-22-15)18(24-23-17)13-5-8-20-9-6-13/h3-11,14,17,20H,12-13,15-16H2,1-2H3;1-4,7,10-11,13,20H,5-6,8-9H2,(H,23,24). The second-order valence-corrected chi connectivity index (χ2v) is 17.8. The Morgan fingerprint density at radius 1 is 0.721 bits per heavy atom. The van der Waals surface area contributed by atoms with Crippen LogP contribution in [0.4, 0.5) is 0 Å². The Hall–Kier alpha value is -5.80. The number of halogens is 2. The second-order valence-electron chi connectivity index (χ2n) is 15.1. The summed E-state index contributed by atoms with van der Waals surface area (Å²) >= 11 is 12.2. The molecule has 2 saturated heterocycles. The topological polar surface area (TPSA) is 165 Å². The number of rotatable bonds is 8. The minimum absolute atomic E-state index is 0.0313. The van der Waals surface area contributed by atoms with Gasteiger partial charge >= 0.3 is 0 Å². The molecule has 61 heavy (non-hydrogen) atoms. The smallest absolute Gasteiger partial charge is 0.283 e. The number of hydrogen-bond donors (Lipinski definition) is 2. The Bertz CT molecular complexity index is 2700. The van der Waals surface area contributed by atoms with Gasteiger partial charge in [-0.05, 0) is 94.2 Å². The zero-order chi connectivity index (χ0) is 42.5. The van der Waals surface area contributed by atoms with Crippen LogP contribution in [0.1, 0.15) is 61.4 Å². The van der Waals surface area contributed by atoms with Crippen LogP contribution in [0.15, 0.2) is 115 Å². The molecule has 312 valence electrons. The van der Waals surface area contributed by atoms with Gasteiger partial charge < -0.3 is 10.2 Å². The third kappa shape index (κ3) is 9.13. The fraction of sp³-hybridized carbons (Fsp3) is 0.267. The molecule has 6 heterocycles. The highest BCUT2D eigenvalue weighted by Gasteiger charge is 2.34. The van der Waals surface area contributed by atoms with Gasteiger partial charge in [0.15, 0.2) is 0 Å². The van der Waals surface area contributed by atoms with Crippen molar-refractivity contribution in [1.29, 1.82) is 0 Å². The van der Waals surface area contributed by atoms with E-state index in [0.29, 0.717) is 65.1 Å². The maximum Gasteiger partial charge on any atom is 0.283 e. The monoisotopic (exact) mass is 874 g/mol. The van der Waals surface area contributed by atoms with Crippen molar-refractivity contribution < 1.29 is 13.2 Å². The SMILES string of the molecule is CC(=O)N1CCC(c2nn(S(=O)(=O)c3ccc(C)cc3)c(-c3ccc(Cl)cc3)c2-c2ccncn2)CC1.Clc1ccc(-c2n[nH]c(C3CCNCC3)c2-c2ccncn2)cc1. The third-order valence-electron chi connectivity index (χ3n) is 11.2. The number of carbonyl (C=O) groups is 1. The highest BCUT2D eigenvalue weighted by Crippen LogP contribution is 2.42.